The molecule has 0 saturated carbocycles. The Labute approximate surface area is 180 Å². The molecule has 6 nitrogen and oxygen atoms in total. The van der Waals surface area contributed by atoms with Gasteiger partial charge in [0.1, 0.15) is 0 Å². The van der Waals surface area contributed by atoms with E-state index in [-0.39, 0.29) is 24.0 Å². The van der Waals surface area contributed by atoms with Crippen LogP contribution in [0, 0.1) is 0 Å². The summed E-state index contributed by atoms with van der Waals surface area (Å²) in [5.74, 6) is -0.137. The van der Waals surface area contributed by atoms with Gasteiger partial charge in [0.25, 0.3) is 0 Å². The molecule has 1 saturated heterocycles. The molecule has 3 N–H and O–H groups in total. The molecule has 1 aliphatic rings. The maximum absolute atomic E-state index is 12.6. The SMILES string of the molecule is CC(C(=O)Nc1cc(Cl)ccc1Cl)N1CCC(NC(=O)Nc2ccccc2)CC1. The molecule has 8 heteroatoms. The fourth-order valence-electron chi connectivity index (χ4n) is 3.30. The Morgan fingerprint density at radius 1 is 1.03 bits per heavy atom. The van der Waals surface area contributed by atoms with Crippen molar-refractivity contribution in [1.29, 1.82) is 0 Å². The van der Waals surface area contributed by atoms with Crippen molar-refractivity contribution in [2.24, 2.45) is 0 Å². The first-order valence-electron chi connectivity index (χ1n) is 9.55. The number of hydrogen-bond acceptors (Lipinski definition) is 3. The van der Waals surface area contributed by atoms with Gasteiger partial charge >= 0.3 is 6.03 Å². The molecule has 1 atom stereocenters. The number of halogens is 2. The highest BCUT2D eigenvalue weighted by molar-refractivity contribution is 6.35. The van der Waals surface area contributed by atoms with Crippen LogP contribution in [0.2, 0.25) is 10.0 Å². The van der Waals surface area contributed by atoms with Gasteiger partial charge in [0.05, 0.1) is 16.8 Å². The smallest absolute Gasteiger partial charge is 0.319 e. The number of carbonyl (C=O) groups excluding carboxylic acids is 2. The third-order valence-corrected chi connectivity index (χ3v) is 5.57. The van der Waals surface area contributed by atoms with Crippen molar-refractivity contribution in [1.82, 2.24) is 10.2 Å². The molecule has 0 spiro atoms. The molecule has 154 valence electrons. The van der Waals surface area contributed by atoms with Crippen LogP contribution in [0.5, 0.6) is 0 Å². The van der Waals surface area contributed by atoms with Crippen LogP contribution in [-0.2, 0) is 4.79 Å². The van der Waals surface area contributed by atoms with Crippen LogP contribution in [-0.4, -0.2) is 42.0 Å². The van der Waals surface area contributed by atoms with Crippen LogP contribution in [0.25, 0.3) is 0 Å². The zero-order chi connectivity index (χ0) is 20.8. The second kappa shape index (κ2) is 9.96. The van der Waals surface area contributed by atoms with Crippen molar-refractivity contribution in [2.45, 2.75) is 31.8 Å². The number of hydrogen-bond donors (Lipinski definition) is 3. The van der Waals surface area contributed by atoms with E-state index in [0.717, 1.165) is 18.5 Å². The second-order valence-corrected chi connectivity index (χ2v) is 7.91. The minimum atomic E-state index is -0.316. The number of anilines is 2. The summed E-state index contributed by atoms with van der Waals surface area (Å²) in [6.45, 7) is 3.30. The number of amides is 3. The van der Waals surface area contributed by atoms with Crippen LogP contribution in [0.1, 0.15) is 19.8 Å². The number of piperidine rings is 1. The number of nitrogens with zero attached hydrogens (tertiary/aromatic N) is 1. The van der Waals surface area contributed by atoms with Crippen LogP contribution in [0.4, 0.5) is 16.2 Å². The van der Waals surface area contributed by atoms with Crippen molar-refractivity contribution in [3.63, 3.8) is 0 Å². The average Bonchev–Trinajstić information content (AvgIpc) is 2.71. The lowest BCUT2D eigenvalue weighted by atomic mass is 10.0. The molecular weight excluding hydrogens is 411 g/mol. The number of rotatable bonds is 5. The fourth-order valence-corrected chi connectivity index (χ4v) is 3.64. The molecule has 29 heavy (non-hydrogen) atoms. The van der Waals surface area contributed by atoms with Gasteiger partial charge in [0.15, 0.2) is 0 Å². The largest absolute Gasteiger partial charge is 0.335 e. The van der Waals surface area contributed by atoms with Gasteiger partial charge in [-0.05, 0) is 50.1 Å². The predicted molar refractivity (Wildman–Crippen MR) is 118 cm³/mol. The topological polar surface area (TPSA) is 73.5 Å². The summed E-state index contributed by atoms with van der Waals surface area (Å²) < 4.78 is 0. The van der Waals surface area contributed by atoms with Gasteiger partial charge in [-0.15, -0.1) is 0 Å². The summed E-state index contributed by atoms with van der Waals surface area (Å²) in [6.07, 6.45) is 1.55. The lowest BCUT2D eigenvalue weighted by molar-refractivity contribution is -0.121. The first kappa shape index (κ1) is 21.4. The van der Waals surface area contributed by atoms with Crippen LogP contribution < -0.4 is 16.0 Å². The Kier molecular flexibility index (Phi) is 7.36. The highest BCUT2D eigenvalue weighted by Gasteiger charge is 2.27. The second-order valence-electron chi connectivity index (χ2n) is 7.06. The molecule has 2 aromatic rings. The Morgan fingerprint density at radius 2 is 1.72 bits per heavy atom. The molecule has 0 aliphatic carbocycles. The lowest BCUT2D eigenvalue weighted by Crippen LogP contribution is -2.51. The maximum atomic E-state index is 12.6. The number of nitrogens with one attached hydrogen (secondary N) is 3. The average molecular weight is 435 g/mol. The summed E-state index contributed by atoms with van der Waals surface area (Å²) in [4.78, 5) is 26.8. The summed E-state index contributed by atoms with van der Waals surface area (Å²) in [6, 6.07) is 13.8. The van der Waals surface area contributed by atoms with Gasteiger partial charge in [-0.25, -0.2) is 4.79 Å². The van der Waals surface area contributed by atoms with E-state index in [0.29, 0.717) is 28.8 Å². The number of benzene rings is 2. The lowest BCUT2D eigenvalue weighted by Gasteiger charge is -2.35. The van der Waals surface area contributed by atoms with Crippen LogP contribution >= 0.6 is 23.2 Å². The van der Waals surface area contributed by atoms with E-state index in [4.69, 9.17) is 23.2 Å². The minimum absolute atomic E-state index is 0.0765. The Hall–Kier alpha value is -2.28. The summed E-state index contributed by atoms with van der Waals surface area (Å²) >= 11 is 12.1. The molecule has 3 amide bonds. The van der Waals surface area contributed by atoms with Gasteiger partial charge in [0.2, 0.25) is 5.91 Å². The van der Waals surface area contributed by atoms with E-state index in [9.17, 15) is 9.59 Å². The van der Waals surface area contributed by atoms with Crippen LogP contribution in [0.3, 0.4) is 0 Å². The van der Waals surface area contributed by atoms with Crippen molar-refractivity contribution in [3.8, 4) is 0 Å². The Morgan fingerprint density at radius 3 is 2.41 bits per heavy atom. The normalized spacial score (nSPS) is 16.1. The number of para-hydroxylation sites is 1. The standard InChI is InChI=1S/C21H24Cl2N4O2/c1-14(20(28)26-19-13-15(22)7-8-18(19)23)27-11-9-17(10-12-27)25-21(29)24-16-5-3-2-4-6-16/h2-8,13-14,17H,9-12H2,1H3,(H,26,28)(H2,24,25,29). The van der Waals surface area contributed by atoms with E-state index in [1.54, 1.807) is 18.2 Å². The minimum Gasteiger partial charge on any atom is -0.335 e. The molecule has 1 aliphatic heterocycles. The Bertz CT molecular complexity index is 855. The summed E-state index contributed by atoms with van der Waals surface area (Å²) in [7, 11) is 0. The maximum Gasteiger partial charge on any atom is 0.319 e. The fraction of sp³-hybridized carbons (Fsp3) is 0.333. The molecule has 3 rings (SSSR count). The van der Waals surface area contributed by atoms with E-state index >= 15 is 0 Å². The third kappa shape index (κ3) is 6.10. The molecule has 0 radical (unpaired) electrons. The number of carbonyl (C=O) groups is 2. The van der Waals surface area contributed by atoms with Gasteiger partial charge in [-0.1, -0.05) is 41.4 Å². The van der Waals surface area contributed by atoms with Gasteiger partial charge in [0, 0.05) is 29.8 Å². The number of likely N-dealkylation sites (tertiary alicyclic amines) is 1. The highest BCUT2D eigenvalue weighted by atomic mass is 35.5. The van der Waals surface area contributed by atoms with E-state index in [1.807, 2.05) is 37.3 Å². The summed E-state index contributed by atoms with van der Waals surface area (Å²) in [5.41, 5.74) is 1.26. The number of urea groups is 1. The molecule has 1 fully saturated rings. The van der Waals surface area contributed by atoms with Crippen LogP contribution in [0.15, 0.2) is 48.5 Å². The third-order valence-electron chi connectivity index (χ3n) is 5.01. The molecule has 2 aromatic carbocycles. The molecule has 1 heterocycles. The molecule has 0 aromatic heterocycles. The Balaban J connectivity index is 1.46. The van der Waals surface area contributed by atoms with Crippen molar-refractivity contribution >= 4 is 46.5 Å². The van der Waals surface area contributed by atoms with Crippen molar-refractivity contribution in [2.75, 3.05) is 23.7 Å². The molecular formula is C21H24Cl2N4O2. The van der Waals surface area contributed by atoms with E-state index in [1.165, 1.54) is 0 Å². The highest BCUT2D eigenvalue weighted by Crippen LogP contribution is 2.26. The van der Waals surface area contributed by atoms with Crippen molar-refractivity contribution < 1.29 is 9.59 Å². The van der Waals surface area contributed by atoms with Gasteiger partial charge < -0.3 is 16.0 Å². The molecule has 0 bridgehead atoms. The van der Waals surface area contributed by atoms with Crippen molar-refractivity contribution in [3.05, 3.63) is 58.6 Å². The predicted octanol–water partition coefficient (Wildman–Crippen LogP) is 4.61. The first-order chi connectivity index (χ1) is 13.9. The van der Waals surface area contributed by atoms with E-state index < -0.39 is 0 Å². The molecule has 1 unspecified atom stereocenters. The zero-order valence-corrected chi connectivity index (χ0v) is 17.6. The quantitative estimate of drug-likeness (QED) is 0.643. The monoisotopic (exact) mass is 434 g/mol. The van der Waals surface area contributed by atoms with E-state index in [2.05, 4.69) is 20.9 Å². The van der Waals surface area contributed by atoms with Gasteiger partial charge in [-0.2, -0.15) is 0 Å². The zero-order valence-electron chi connectivity index (χ0n) is 16.1. The van der Waals surface area contributed by atoms with Gasteiger partial charge in [-0.3, -0.25) is 9.69 Å². The first-order valence-corrected chi connectivity index (χ1v) is 10.3. The summed E-state index contributed by atoms with van der Waals surface area (Å²) in [5, 5.41) is 9.63.